The van der Waals surface area contributed by atoms with Gasteiger partial charge < -0.3 is 10.4 Å². The van der Waals surface area contributed by atoms with Crippen molar-refractivity contribution in [3.8, 4) is 11.3 Å². The van der Waals surface area contributed by atoms with Gasteiger partial charge in [-0.15, -0.1) is 12.4 Å². The summed E-state index contributed by atoms with van der Waals surface area (Å²) in [5, 5.41) is 16.5. The van der Waals surface area contributed by atoms with Crippen LogP contribution in [0.25, 0.3) is 11.3 Å². The van der Waals surface area contributed by atoms with Gasteiger partial charge in [-0.2, -0.15) is 5.10 Å². The molecule has 0 radical (unpaired) electrons. The number of halogens is 1. The molecule has 5 nitrogen and oxygen atoms in total. The predicted molar refractivity (Wildman–Crippen MR) is 99.5 cm³/mol. The molecule has 0 aliphatic carbocycles. The van der Waals surface area contributed by atoms with Gasteiger partial charge >= 0.3 is 0 Å². The van der Waals surface area contributed by atoms with Crippen LogP contribution >= 0.6 is 12.4 Å². The Morgan fingerprint density at radius 2 is 1.92 bits per heavy atom. The second-order valence-corrected chi connectivity index (χ2v) is 6.20. The summed E-state index contributed by atoms with van der Waals surface area (Å²) < 4.78 is 1.55. The van der Waals surface area contributed by atoms with E-state index in [1.54, 1.807) is 4.68 Å². The quantitative estimate of drug-likeness (QED) is 0.751. The van der Waals surface area contributed by atoms with E-state index in [0.717, 1.165) is 11.3 Å². The number of aromatic nitrogens is 2. The zero-order valence-electron chi connectivity index (χ0n) is 14.5. The molecule has 0 amide bonds. The van der Waals surface area contributed by atoms with Crippen molar-refractivity contribution in [2.75, 3.05) is 13.2 Å². The summed E-state index contributed by atoms with van der Waals surface area (Å²) >= 11 is 0. The Hall–Kier alpha value is -1.69. The van der Waals surface area contributed by atoms with E-state index in [2.05, 4.69) is 24.3 Å². The summed E-state index contributed by atoms with van der Waals surface area (Å²) in [6.45, 7) is 7.71. The highest BCUT2D eigenvalue weighted by Gasteiger charge is 2.11. The van der Waals surface area contributed by atoms with E-state index in [0.29, 0.717) is 31.1 Å². The van der Waals surface area contributed by atoms with Crippen LogP contribution in [0.1, 0.15) is 25.0 Å². The van der Waals surface area contributed by atoms with Crippen LogP contribution in [0.4, 0.5) is 0 Å². The third-order valence-electron chi connectivity index (χ3n) is 3.54. The lowest BCUT2D eigenvalue weighted by atomic mass is 10.1. The molecule has 1 aromatic heterocycles. The van der Waals surface area contributed by atoms with E-state index in [4.69, 9.17) is 5.11 Å². The monoisotopic (exact) mass is 351 g/mol. The number of rotatable bonds is 7. The number of nitrogens with one attached hydrogen (secondary N) is 1. The minimum atomic E-state index is -0.0694. The number of hydrogen-bond donors (Lipinski definition) is 2. The zero-order chi connectivity index (χ0) is 16.8. The van der Waals surface area contributed by atoms with Gasteiger partial charge in [-0.25, -0.2) is 4.68 Å². The molecule has 1 aromatic carbocycles. The lowest BCUT2D eigenvalue weighted by Gasteiger charge is -2.13. The van der Waals surface area contributed by atoms with Crippen molar-refractivity contribution in [3.05, 3.63) is 51.8 Å². The summed E-state index contributed by atoms with van der Waals surface area (Å²) in [5.74, 6) is 0.340. The zero-order valence-corrected chi connectivity index (χ0v) is 15.3. The SMILES string of the molecule is Cc1ccc(-c2cc(CNCCO)c(=O)n(CC(C)C)n2)cc1.Cl. The van der Waals surface area contributed by atoms with E-state index in [9.17, 15) is 4.79 Å². The van der Waals surface area contributed by atoms with Gasteiger partial charge in [-0.05, 0) is 18.9 Å². The van der Waals surface area contributed by atoms with Crippen LogP contribution in [-0.2, 0) is 13.1 Å². The van der Waals surface area contributed by atoms with Crippen molar-refractivity contribution in [3.63, 3.8) is 0 Å². The van der Waals surface area contributed by atoms with Crippen molar-refractivity contribution in [1.82, 2.24) is 15.1 Å². The molecule has 0 aliphatic rings. The molecule has 0 saturated heterocycles. The summed E-state index contributed by atoms with van der Waals surface area (Å²) in [7, 11) is 0. The predicted octanol–water partition coefficient (Wildman–Crippen LogP) is 2.38. The summed E-state index contributed by atoms with van der Waals surface area (Å²) in [6.07, 6.45) is 0. The fraction of sp³-hybridized carbons (Fsp3) is 0.444. The van der Waals surface area contributed by atoms with E-state index in [-0.39, 0.29) is 24.6 Å². The van der Waals surface area contributed by atoms with Crippen molar-refractivity contribution in [2.24, 2.45) is 5.92 Å². The van der Waals surface area contributed by atoms with E-state index in [1.165, 1.54) is 5.56 Å². The fourth-order valence-corrected chi connectivity index (χ4v) is 2.36. The Morgan fingerprint density at radius 1 is 1.25 bits per heavy atom. The third-order valence-corrected chi connectivity index (χ3v) is 3.54. The Bertz CT molecular complexity index is 696. The normalized spacial score (nSPS) is 10.7. The highest BCUT2D eigenvalue weighted by molar-refractivity contribution is 5.85. The molecule has 0 spiro atoms. The second-order valence-electron chi connectivity index (χ2n) is 6.20. The standard InChI is InChI=1S/C18H25N3O2.ClH/c1-13(2)12-21-18(23)16(11-19-8-9-22)10-17(20-21)15-6-4-14(3)5-7-15;/h4-7,10,13,19,22H,8-9,11-12H2,1-3H3;1H. The van der Waals surface area contributed by atoms with Crippen LogP contribution < -0.4 is 10.9 Å². The van der Waals surface area contributed by atoms with Gasteiger partial charge in [0.15, 0.2) is 0 Å². The van der Waals surface area contributed by atoms with Crippen molar-refractivity contribution in [1.29, 1.82) is 0 Å². The molecule has 0 atom stereocenters. The molecular formula is C18H26ClN3O2. The maximum absolute atomic E-state index is 12.5. The average Bonchev–Trinajstić information content (AvgIpc) is 2.51. The first kappa shape index (κ1) is 20.4. The first-order valence-corrected chi connectivity index (χ1v) is 8.01. The topological polar surface area (TPSA) is 67.2 Å². The molecule has 132 valence electrons. The lowest BCUT2D eigenvalue weighted by Crippen LogP contribution is -2.31. The van der Waals surface area contributed by atoms with Gasteiger partial charge in [0, 0.05) is 30.8 Å². The second kappa shape index (κ2) is 9.57. The number of aliphatic hydroxyl groups excluding tert-OH is 1. The Balaban J connectivity index is 0.00000288. The Morgan fingerprint density at radius 3 is 2.50 bits per heavy atom. The number of nitrogens with zero attached hydrogens (tertiary/aromatic N) is 2. The molecule has 24 heavy (non-hydrogen) atoms. The van der Waals surface area contributed by atoms with E-state index in [1.807, 2.05) is 37.3 Å². The van der Waals surface area contributed by atoms with Gasteiger partial charge in [-0.1, -0.05) is 43.7 Å². The molecule has 1 heterocycles. The van der Waals surface area contributed by atoms with Crippen LogP contribution in [0, 0.1) is 12.8 Å². The van der Waals surface area contributed by atoms with Crippen LogP contribution in [0.3, 0.4) is 0 Å². The number of aryl methyl sites for hydroxylation is 1. The first-order valence-electron chi connectivity index (χ1n) is 8.01. The minimum Gasteiger partial charge on any atom is -0.395 e. The number of aliphatic hydroxyl groups is 1. The van der Waals surface area contributed by atoms with E-state index >= 15 is 0 Å². The van der Waals surface area contributed by atoms with Gasteiger partial charge in [0.05, 0.1) is 12.3 Å². The third kappa shape index (κ3) is 5.44. The highest BCUT2D eigenvalue weighted by atomic mass is 35.5. The number of hydrogen-bond acceptors (Lipinski definition) is 4. The fourth-order valence-electron chi connectivity index (χ4n) is 2.36. The van der Waals surface area contributed by atoms with E-state index < -0.39 is 0 Å². The Labute approximate surface area is 149 Å². The lowest BCUT2D eigenvalue weighted by molar-refractivity contribution is 0.291. The Kier molecular flexibility index (Phi) is 8.11. The minimum absolute atomic E-state index is 0. The van der Waals surface area contributed by atoms with Crippen molar-refractivity contribution >= 4 is 12.4 Å². The van der Waals surface area contributed by atoms with Gasteiger partial charge in [-0.3, -0.25) is 4.79 Å². The van der Waals surface area contributed by atoms with Crippen molar-refractivity contribution in [2.45, 2.75) is 33.9 Å². The molecule has 6 heteroatoms. The first-order chi connectivity index (χ1) is 11.0. The number of benzene rings is 1. The molecular weight excluding hydrogens is 326 g/mol. The van der Waals surface area contributed by atoms with Crippen LogP contribution in [0.2, 0.25) is 0 Å². The van der Waals surface area contributed by atoms with Crippen LogP contribution in [0.5, 0.6) is 0 Å². The summed E-state index contributed by atoms with van der Waals surface area (Å²) in [4.78, 5) is 12.5. The highest BCUT2D eigenvalue weighted by Crippen LogP contribution is 2.17. The molecule has 0 unspecified atom stereocenters. The molecule has 2 rings (SSSR count). The molecule has 0 bridgehead atoms. The smallest absolute Gasteiger partial charge is 0.271 e. The average molecular weight is 352 g/mol. The van der Waals surface area contributed by atoms with Gasteiger partial charge in [0.25, 0.3) is 5.56 Å². The van der Waals surface area contributed by atoms with Gasteiger partial charge in [0.2, 0.25) is 0 Å². The molecule has 2 aromatic rings. The molecule has 0 aliphatic heterocycles. The largest absolute Gasteiger partial charge is 0.395 e. The van der Waals surface area contributed by atoms with Crippen LogP contribution in [0.15, 0.2) is 35.1 Å². The summed E-state index contributed by atoms with van der Waals surface area (Å²) in [5.41, 5.74) is 3.58. The maximum Gasteiger partial charge on any atom is 0.271 e. The molecule has 2 N–H and O–H groups in total. The maximum atomic E-state index is 12.5. The van der Waals surface area contributed by atoms with Crippen LogP contribution in [-0.4, -0.2) is 28.0 Å². The summed E-state index contributed by atoms with van der Waals surface area (Å²) in [6, 6.07) is 9.96. The van der Waals surface area contributed by atoms with Crippen molar-refractivity contribution < 1.29 is 5.11 Å². The van der Waals surface area contributed by atoms with Gasteiger partial charge in [0.1, 0.15) is 0 Å². The molecule has 0 fully saturated rings. The molecule has 0 saturated carbocycles.